The quantitative estimate of drug-likeness (QED) is 0.741. The number of hydrogen-bond acceptors (Lipinski definition) is 4. The van der Waals surface area contributed by atoms with Crippen LogP contribution in [0.15, 0.2) is 0 Å². The predicted octanol–water partition coefficient (Wildman–Crippen LogP) is -0.320. The molecule has 7 nitrogen and oxygen atoms in total. The molecular formula is C11H18N2O5S. The Bertz CT molecular complexity index is 469. The second-order valence-corrected chi connectivity index (χ2v) is 7.50. The first-order chi connectivity index (χ1) is 8.85. The molecule has 0 aromatic rings. The van der Waals surface area contributed by atoms with Crippen LogP contribution in [0.25, 0.3) is 0 Å². The Hall–Kier alpha value is -1.31. The minimum Gasteiger partial charge on any atom is -0.481 e. The smallest absolute Gasteiger partial charge is 0.317 e. The van der Waals surface area contributed by atoms with Gasteiger partial charge in [-0.05, 0) is 12.8 Å². The van der Waals surface area contributed by atoms with E-state index in [1.54, 1.807) is 0 Å². The number of carbonyl (C=O) groups excluding carboxylic acids is 1. The number of rotatable bonds is 3. The van der Waals surface area contributed by atoms with Gasteiger partial charge < -0.3 is 15.3 Å². The van der Waals surface area contributed by atoms with Crippen LogP contribution >= 0.6 is 0 Å². The van der Waals surface area contributed by atoms with Crippen LogP contribution in [0, 0.1) is 5.92 Å². The molecule has 0 aromatic carbocycles. The van der Waals surface area contributed by atoms with Gasteiger partial charge in [0.2, 0.25) is 0 Å². The first-order valence-electron chi connectivity index (χ1n) is 6.33. The van der Waals surface area contributed by atoms with Crippen molar-refractivity contribution in [1.82, 2.24) is 10.2 Å². The molecule has 2 rings (SSSR count). The molecule has 2 N–H and O–H groups in total. The molecular weight excluding hydrogens is 272 g/mol. The van der Waals surface area contributed by atoms with Crippen LogP contribution in [0.1, 0.15) is 19.3 Å². The molecule has 8 heteroatoms. The maximum absolute atomic E-state index is 11.8. The van der Waals surface area contributed by atoms with E-state index in [0.717, 1.165) is 0 Å². The van der Waals surface area contributed by atoms with Crippen LogP contribution in [0.2, 0.25) is 0 Å². The van der Waals surface area contributed by atoms with Crippen LogP contribution in [0.5, 0.6) is 0 Å². The van der Waals surface area contributed by atoms with E-state index < -0.39 is 15.8 Å². The third-order valence-corrected chi connectivity index (χ3v) is 5.32. The predicted molar refractivity (Wildman–Crippen MR) is 67.5 cm³/mol. The lowest BCUT2D eigenvalue weighted by Crippen LogP contribution is -2.57. The lowest BCUT2D eigenvalue weighted by atomic mass is 9.97. The molecule has 2 aliphatic rings. The number of hydrogen-bond donors (Lipinski definition) is 2. The third kappa shape index (κ3) is 3.82. The van der Waals surface area contributed by atoms with Gasteiger partial charge in [0.15, 0.2) is 9.84 Å². The van der Waals surface area contributed by atoms with Gasteiger partial charge in [-0.15, -0.1) is 0 Å². The Morgan fingerprint density at radius 2 is 2.00 bits per heavy atom. The van der Waals surface area contributed by atoms with Gasteiger partial charge in [0.1, 0.15) is 0 Å². The van der Waals surface area contributed by atoms with Crippen molar-refractivity contribution in [2.45, 2.75) is 25.3 Å². The molecule has 0 saturated carbocycles. The Morgan fingerprint density at radius 1 is 1.32 bits per heavy atom. The molecule has 0 aromatic heterocycles. The number of urea groups is 1. The molecule has 108 valence electrons. The second kappa shape index (κ2) is 5.36. The van der Waals surface area contributed by atoms with Crippen molar-refractivity contribution >= 4 is 21.8 Å². The molecule has 0 spiro atoms. The molecule has 0 radical (unpaired) electrons. The van der Waals surface area contributed by atoms with Crippen molar-refractivity contribution in [3.05, 3.63) is 0 Å². The number of sulfone groups is 1. The van der Waals surface area contributed by atoms with Crippen molar-refractivity contribution < 1.29 is 23.1 Å². The Labute approximate surface area is 111 Å². The summed E-state index contributed by atoms with van der Waals surface area (Å²) in [6.07, 6.45) is 1.33. The zero-order chi connectivity index (χ0) is 14.0. The largest absolute Gasteiger partial charge is 0.481 e. The lowest BCUT2D eigenvalue weighted by Gasteiger charge is -2.39. The van der Waals surface area contributed by atoms with Gasteiger partial charge in [-0.1, -0.05) is 0 Å². The van der Waals surface area contributed by atoms with Crippen molar-refractivity contribution in [2.75, 3.05) is 24.6 Å². The van der Waals surface area contributed by atoms with Crippen LogP contribution in [-0.2, 0) is 14.6 Å². The second-order valence-electron chi connectivity index (χ2n) is 5.27. The molecule has 2 heterocycles. The van der Waals surface area contributed by atoms with Gasteiger partial charge in [-0.25, -0.2) is 13.2 Å². The standard InChI is InChI=1S/C11H18N2O5S/c14-10(15)4-8-5-13(6-8)11(16)12-9-2-1-3-19(17,18)7-9/h8-9H,1-7H2,(H,12,16)(H,14,15). The van der Waals surface area contributed by atoms with E-state index >= 15 is 0 Å². The van der Waals surface area contributed by atoms with Gasteiger partial charge in [0.25, 0.3) is 0 Å². The molecule has 1 unspecified atom stereocenters. The molecule has 2 aliphatic heterocycles. The summed E-state index contributed by atoms with van der Waals surface area (Å²) in [7, 11) is -3.03. The fourth-order valence-electron chi connectivity index (χ4n) is 2.51. The van der Waals surface area contributed by atoms with Crippen LogP contribution in [0.3, 0.4) is 0 Å². The van der Waals surface area contributed by atoms with E-state index in [4.69, 9.17) is 5.11 Å². The summed E-state index contributed by atoms with van der Waals surface area (Å²) < 4.78 is 22.9. The fourth-order valence-corrected chi connectivity index (χ4v) is 4.15. The number of carbonyl (C=O) groups is 2. The Morgan fingerprint density at radius 3 is 2.58 bits per heavy atom. The lowest BCUT2D eigenvalue weighted by molar-refractivity contribution is -0.139. The summed E-state index contributed by atoms with van der Waals surface area (Å²) in [6.45, 7) is 0.856. The van der Waals surface area contributed by atoms with Crippen molar-refractivity contribution in [3.63, 3.8) is 0 Å². The number of carboxylic acids is 1. The summed E-state index contributed by atoms with van der Waals surface area (Å²) in [5.41, 5.74) is 0. The number of nitrogens with zero attached hydrogens (tertiary/aromatic N) is 1. The maximum atomic E-state index is 11.8. The highest BCUT2D eigenvalue weighted by Crippen LogP contribution is 2.20. The minimum absolute atomic E-state index is 0.00509. The van der Waals surface area contributed by atoms with Crippen molar-refractivity contribution in [2.24, 2.45) is 5.92 Å². The summed E-state index contributed by atoms with van der Waals surface area (Å²) in [5, 5.41) is 11.3. The average molecular weight is 290 g/mol. The summed E-state index contributed by atoms with van der Waals surface area (Å²) in [5.74, 6) is -0.642. The molecule has 1 atom stereocenters. The fraction of sp³-hybridized carbons (Fsp3) is 0.818. The first-order valence-corrected chi connectivity index (χ1v) is 8.15. The van der Waals surface area contributed by atoms with Crippen LogP contribution in [-0.4, -0.2) is 61.1 Å². The highest BCUT2D eigenvalue weighted by atomic mass is 32.2. The van der Waals surface area contributed by atoms with Gasteiger partial charge in [0, 0.05) is 25.0 Å². The van der Waals surface area contributed by atoms with Crippen molar-refractivity contribution in [3.8, 4) is 0 Å². The number of aliphatic carboxylic acids is 1. The topological polar surface area (TPSA) is 104 Å². The van der Waals surface area contributed by atoms with E-state index in [-0.39, 0.29) is 35.9 Å². The first kappa shape index (κ1) is 14.1. The van der Waals surface area contributed by atoms with Gasteiger partial charge in [0.05, 0.1) is 17.9 Å². The Kier molecular flexibility index (Phi) is 3.98. The van der Waals surface area contributed by atoms with E-state index in [0.29, 0.717) is 25.9 Å². The maximum Gasteiger partial charge on any atom is 0.317 e. The van der Waals surface area contributed by atoms with E-state index in [1.807, 2.05) is 0 Å². The summed E-state index contributed by atoms with van der Waals surface area (Å²) in [6, 6.07) is -0.603. The Balaban J connectivity index is 1.75. The van der Waals surface area contributed by atoms with Crippen LogP contribution < -0.4 is 5.32 Å². The zero-order valence-corrected chi connectivity index (χ0v) is 11.4. The van der Waals surface area contributed by atoms with Gasteiger partial charge in [-0.3, -0.25) is 4.79 Å². The van der Waals surface area contributed by atoms with Gasteiger partial charge >= 0.3 is 12.0 Å². The molecule has 0 aliphatic carbocycles. The summed E-state index contributed by atoms with van der Waals surface area (Å²) >= 11 is 0. The average Bonchev–Trinajstić information content (AvgIpc) is 2.20. The SMILES string of the molecule is O=C(O)CC1CN(C(=O)NC2CCCS(=O)(=O)C2)C1. The highest BCUT2D eigenvalue weighted by molar-refractivity contribution is 7.91. The number of carboxylic acid groups (broad SMARTS) is 1. The highest BCUT2D eigenvalue weighted by Gasteiger charge is 2.34. The summed E-state index contributed by atoms with van der Waals surface area (Å²) in [4.78, 5) is 23.8. The van der Waals surface area contributed by atoms with Crippen molar-refractivity contribution in [1.29, 1.82) is 0 Å². The van der Waals surface area contributed by atoms with Crippen LogP contribution in [0.4, 0.5) is 4.79 Å². The molecule has 19 heavy (non-hydrogen) atoms. The van der Waals surface area contributed by atoms with E-state index in [2.05, 4.69) is 5.32 Å². The zero-order valence-electron chi connectivity index (χ0n) is 10.5. The number of amides is 2. The number of likely N-dealkylation sites (tertiary alicyclic amines) is 1. The minimum atomic E-state index is -3.03. The van der Waals surface area contributed by atoms with Gasteiger partial charge in [-0.2, -0.15) is 0 Å². The molecule has 2 fully saturated rings. The number of nitrogens with one attached hydrogen (secondary N) is 1. The normalized spacial score (nSPS) is 26.5. The molecule has 2 amide bonds. The third-order valence-electron chi connectivity index (χ3n) is 3.50. The van der Waals surface area contributed by atoms with E-state index in [1.165, 1.54) is 4.90 Å². The van der Waals surface area contributed by atoms with E-state index in [9.17, 15) is 18.0 Å². The molecule has 0 bridgehead atoms. The molecule has 2 saturated heterocycles. The monoisotopic (exact) mass is 290 g/mol.